The Hall–Kier alpha value is -3.32. The van der Waals surface area contributed by atoms with Gasteiger partial charge in [-0.1, -0.05) is 18.2 Å². The van der Waals surface area contributed by atoms with Gasteiger partial charge in [0.15, 0.2) is 13.1 Å². The number of carbonyl (C=O) groups excluding carboxylic acids is 2. The van der Waals surface area contributed by atoms with Crippen LogP contribution in [0.4, 0.5) is 5.69 Å². The number of fused-ring (bicyclic) bond motifs is 1. The van der Waals surface area contributed by atoms with Gasteiger partial charge in [-0.05, 0) is 50.2 Å². The molecule has 7 heteroatoms. The minimum absolute atomic E-state index is 0.128. The van der Waals surface area contributed by atoms with Crippen molar-refractivity contribution in [1.82, 2.24) is 5.32 Å². The maximum atomic E-state index is 12.5. The van der Waals surface area contributed by atoms with Crippen molar-refractivity contribution in [3.8, 4) is 5.75 Å². The minimum atomic E-state index is -0.254. The van der Waals surface area contributed by atoms with E-state index < -0.39 is 0 Å². The lowest BCUT2D eigenvalue weighted by atomic mass is 10.2. The summed E-state index contributed by atoms with van der Waals surface area (Å²) < 4.78 is 10.9. The third-order valence-corrected chi connectivity index (χ3v) is 4.94. The van der Waals surface area contributed by atoms with Gasteiger partial charge < -0.3 is 24.7 Å². The van der Waals surface area contributed by atoms with Crippen molar-refractivity contribution in [3.05, 3.63) is 60.4 Å². The van der Waals surface area contributed by atoms with Crippen LogP contribution < -0.4 is 20.3 Å². The topological polar surface area (TPSA) is 85.0 Å². The maximum Gasteiger partial charge on any atom is 0.279 e. The van der Waals surface area contributed by atoms with Crippen LogP contribution in [0, 0.1) is 0 Å². The van der Waals surface area contributed by atoms with Gasteiger partial charge >= 0.3 is 0 Å². The zero-order chi connectivity index (χ0) is 21.5. The lowest BCUT2D eigenvalue weighted by Crippen LogP contribution is -3.14. The minimum Gasteiger partial charge on any atom is -0.497 e. The fraction of sp³-hybridized carbons (Fsp3) is 0.304. The van der Waals surface area contributed by atoms with Gasteiger partial charge in [-0.3, -0.25) is 9.59 Å². The number of para-hydroxylation sites is 1. The Kier molecular flexibility index (Phi) is 7.08. The average molecular weight is 410 g/mol. The van der Waals surface area contributed by atoms with Crippen molar-refractivity contribution in [3.63, 3.8) is 0 Å². The van der Waals surface area contributed by atoms with Crippen LogP contribution in [-0.2, 0) is 9.59 Å². The molecule has 3 N–H and O–H groups in total. The zero-order valence-electron chi connectivity index (χ0n) is 17.5. The molecule has 1 unspecified atom stereocenters. The molecule has 0 aliphatic rings. The van der Waals surface area contributed by atoms with Crippen LogP contribution >= 0.6 is 0 Å². The van der Waals surface area contributed by atoms with E-state index >= 15 is 0 Å². The normalized spacial score (nSPS) is 12.9. The number of anilines is 1. The molecule has 0 bridgehead atoms. The molecule has 1 aromatic heterocycles. The maximum absolute atomic E-state index is 12.5. The largest absolute Gasteiger partial charge is 0.497 e. The Bertz CT molecular complexity index is 964. The number of nitrogens with one attached hydrogen (secondary N) is 3. The fourth-order valence-corrected chi connectivity index (χ4v) is 3.23. The summed E-state index contributed by atoms with van der Waals surface area (Å²) in [7, 11) is 1.59. The molecule has 158 valence electrons. The molecule has 2 atom stereocenters. The van der Waals surface area contributed by atoms with Crippen molar-refractivity contribution in [2.45, 2.75) is 19.9 Å². The quantitative estimate of drug-likeness (QED) is 0.505. The lowest BCUT2D eigenvalue weighted by Gasteiger charge is -2.18. The second-order valence-corrected chi connectivity index (χ2v) is 7.21. The highest BCUT2D eigenvalue weighted by atomic mass is 16.5. The fourth-order valence-electron chi connectivity index (χ4n) is 3.23. The van der Waals surface area contributed by atoms with E-state index in [0.29, 0.717) is 18.0 Å². The molecule has 0 saturated heterocycles. The second-order valence-electron chi connectivity index (χ2n) is 7.21. The highest BCUT2D eigenvalue weighted by Gasteiger charge is 2.20. The average Bonchev–Trinajstić information content (AvgIpc) is 3.18. The van der Waals surface area contributed by atoms with Gasteiger partial charge in [0.2, 0.25) is 0 Å². The number of hydrogen-bond donors (Lipinski definition) is 3. The molecule has 3 rings (SSSR count). The number of carbonyl (C=O) groups is 2. The highest BCUT2D eigenvalue weighted by Crippen LogP contribution is 2.23. The number of methoxy groups -OCH3 is 1. The van der Waals surface area contributed by atoms with Crippen LogP contribution in [0.3, 0.4) is 0 Å². The van der Waals surface area contributed by atoms with Gasteiger partial charge in [-0.25, -0.2) is 0 Å². The van der Waals surface area contributed by atoms with E-state index in [4.69, 9.17) is 9.15 Å². The first-order valence-corrected chi connectivity index (χ1v) is 10.0. The Morgan fingerprint density at radius 1 is 1.07 bits per heavy atom. The van der Waals surface area contributed by atoms with Gasteiger partial charge in [-0.2, -0.15) is 0 Å². The number of likely N-dealkylation sites (N-methyl/N-ethyl adjacent to an activating group) is 1. The van der Waals surface area contributed by atoms with Crippen LogP contribution in [0.5, 0.6) is 5.75 Å². The summed E-state index contributed by atoms with van der Waals surface area (Å²) in [6.07, 6.45) is 0. The Labute approximate surface area is 176 Å². The van der Waals surface area contributed by atoms with Gasteiger partial charge in [0.1, 0.15) is 17.1 Å². The summed E-state index contributed by atoms with van der Waals surface area (Å²) >= 11 is 0. The Morgan fingerprint density at radius 2 is 1.77 bits per heavy atom. The molecule has 30 heavy (non-hydrogen) atoms. The molecular formula is C23H28N3O4+. The second kappa shape index (κ2) is 9.93. The van der Waals surface area contributed by atoms with Crippen LogP contribution in [-0.4, -0.2) is 38.6 Å². The molecule has 0 spiro atoms. The number of amides is 2. The van der Waals surface area contributed by atoms with Crippen LogP contribution in [0.15, 0.2) is 59.0 Å². The number of quaternary nitrogens is 1. The van der Waals surface area contributed by atoms with Crippen molar-refractivity contribution in [1.29, 1.82) is 0 Å². The monoisotopic (exact) mass is 410 g/mol. The van der Waals surface area contributed by atoms with E-state index in [1.54, 1.807) is 31.4 Å². The number of furan rings is 1. The SMILES string of the molecule is CC[NH+](CC(=O)Nc1ccc(OC)cc1)CC(=O)N[C@H](C)c1cc2ccccc2o1. The number of ether oxygens (including phenoxy) is 1. The summed E-state index contributed by atoms with van der Waals surface area (Å²) in [6.45, 7) is 4.90. The summed E-state index contributed by atoms with van der Waals surface area (Å²) in [5, 5.41) is 6.81. The summed E-state index contributed by atoms with van der Waals surface area (Å²) in [5.74, 6) is 1.16. The summed E-state index contributed by atoms with van der Waals surface area (Å²) in [5.41, 5.74) is 1.49. The van der Waals surface area contributed by atoms with Gasteiger partial charge in [0.25, 0.3) is 11.8 Å². The van der Waals surface area contributed by atoms with Crippen LogP contribution in [0.1, 0.15) is 25.6 Å². The molecule has 0 saturated carbocycles. The van der Waals surface area contributed by atoms with Crippen molar-refractivity contribution >= 4 is 28.5 Å². The zero-order valence-corrected chi connectivity index (χ0v) is 17.5. The number of benzene rings is 2. The first-order valence-electron chi connectivity index (χ1n) is 10.0. The lowest BCUT2D eigenvalue weighted by molar-refractivity contribution is -0.881. The van der Waals surface area contributed by atoms with Crippen LogP contribution in [0.2, 0.25) is 0 Å². The summed E-state index contributed by atoms with van der Waals surface area (Å²) in [4.78, 5) is 25.7. The van der Waals surface area contributed by atoms with Crippen molar-refractivity contribution in [2.75, 3.05) is 32.1 Å². The molecule has 0 radical (unpaired) electrons. The van der Waals surface area contributed by atoms with E-state index in [1.807, 2.05) is 44.2 Å². The van der Waals surface area contributed by atoms with E-state index in [2.05, 4.69) is 10.6 Å². The molecule has 7 nitrogen and oxygen atoms in total. The smallest absolute Gasteiger partial charge is 0.279 e. The van der Waals surface area contributed by atoms with Gasteiger partial charge in [0.05, 0.1) is 19.7 Å². The van der Waals surface area contributed by atoms with E-state index in [0.717, 1.165) is 21.6 Å². The van der Waals surface area contributed by atoms with E-state index in [9.17, 15) is 9.59 Å². The first kappa shape index (κ1) is 21.4. The molecule has 0 aliphatic carbocycles. The molecule has 0 fully saturated rings. The predicted octanol–water partition coefficient (Wildman–Crippen LogP) is 2.16. The number of hydrogen-bond acceptors (Lipinski definition) is 4. The third-order valence-electron chi connectivity index (χ3n) is 4.94. The number of rotatable bonds is 9. The molecule has 1 heterocycles. The molecule has 2 aromatic carbocycles. The predicted molar refractivity (Wildman–Crippen MR) is 116 cm³/mol. The summed E-state index contributed by atoms with van der Waals surface area (Å²) in [6, 6.07) is 16.6. The molecule has 2 amide bonds. The van der Waals surface area contributed by atoms with Crippen LogP contribution in [0.25, 0.3) is 11.0 Å². The van der Waals surface area contributed by atoms with Crippen molar-refractivity contribution in [2.24, 2.45) is 0 Å². The van der Waals surface area contributed by atoms with Gasteiger partial charge in [0, 0.05) is 11.1 Å². The molecule has 0 aliphatic heterocycles. The van der Waals surface area contributed by atoms with E-state index in [-0.39, 0.29) is 30.9 Å². The molecule has 3 aromatic rings. The van der Waals surface area contributed by atoms with Gasteiger partial charge in [-0.15, -0.1) is 0 Å². The standard InChI is InChI=1S/C23H27N3O4/c1-4-26(15-23(28)25-18-9-11-19(29-3)12-10-18)14-22(27)24-16(2)21-13-17-7-5-6-8-20(17)30-21/h5-13,16H,4,14-15H2,1-3H3,(H,24,27)(H,25,28)/p+1/t16-/m1/s1. The Morgan fingerprint density at radius 3 is 2.43 bits per heavy atom. The first-order chi connectivity index (χ1) is 14.5. The Balaban J connectivity index is 1.51. The van der Waals surface area contributed by atoms with E-state index in [1.165, 1.54) is 0 Å². The third kappa shape index (κ3) is 5.61. The molecular weight excluding hydrogens is 382 g/mol. The van der Waals surface area contributed by atoms with Crippen molar-refractivity contribution < 1.29 is 23.6 Å². The highest BCUT2D eigenvalue weighted by molar-refractivity contribution is 5.91.